The molecule has 0 spiro atoms. The van der Waals surface area contributed by atoms with Crippen LogP contribution in [0, 0.1) is 0 Å². The molecule has 0 amide bonds. The van der Waals surface area contributed by atoms with Crippen LogP contribution in [0.15, 0.2) is 18.3 Å². The molecule has 0 aliphatic carbocycles. The SMILES string of the molecule is CC[C@@H](N)c1ccc(N(C)CCOC(C)C)cn1. The van der Waals surface area contributed by atoms with E-state index in [4.69, 9.17) is 10.5 Å². The van der Waals surface area contributed by atoms with Gasteiger partial charge in [-0.15, -0.1) is 0 Å². The summed E-state index contributed by atoms with van der Waals surface area (Å²) < 4.78 is 5.53. The van der Waals surface area contributed by atoms with Gasteiger partial charge in [0.25, 0.3) is 0 Å². The summed E-state index contributed by atoms with van der Waals surface area (Å²) in [5.41, 5.74) is 7.98. The van der Waals surface area contributed by atoms with Gasteiger partial charge in [-0.3, -0.25) is 4.98 Å². The van der Waals surface area contributed by atoms with Crippen molar-refractivity contribution in [1.82, 2.24) is 4.98 Å². The molecule has 1 aromatic rings. The molecule has 2 N–H and O–H groups in total. The van der Waals surface area contributed by atoms with Crippen LogP contribution in [0.3, 0.4) is 0 Å². The molecule has 1 aromatic heterocycles. The Labute approximate surface area is 110 Å². The number of anilines is 1. The van der Waals surface area contributed by atoms with Gasteiger partial charge in [-0.25, -0.2) is 0 Å². The van der Waals surface area contributed by atoms with Crippen LogP contribution in [0.4, 0.5) is 5.69 Å². The maximum absolute atomic E-state index is 5.94. The van der Waals surface area contributed by atoms with E-state index < -0.39 is 0 Å². The van der Waals surface area contributed by atoms with Crippen molar-refractivity contribution in [2.24, 2.45) is 5.73 Å². The fourth-order valence-electron chi connectivity index (χ4n) is 1.61. The van der Waals surface area contributed by atoms with Crippen molar-refractivity contribution in [1.29, 1.82) is 0 Å². The van der Waals surface area contributed by atoms with Crippen molar-refractivity contribution in [3.63, 3.8) is 0 Å². The largest absolute Gasteiger partial charge is 0.377 e. The Hall–Kier alpha value is -1.13. The van der Waals surface area contributed by atoms with Crippen molar-refractivity contribution in [3.05, 3.63) is 24.0 Å². The van der Waals surface area contributed by atoms with Crippen LogP contribution in [0.25, 0.3) is 0 Å². The average Bonchev–Trinajstić information content (AvgIpc) is 2.37. The van der Waals surface area contributed by atoms with Gasteiger partial charge in [0.2, 0.25) is 0 Å². The van der Waals surface area contributed by atoms with Crippen LogP contribution in [0.5, 0.6) is 0 Å². The van der Waals surface area contributed by atoms with E-state index in [9.17, 15) is 0 Å². The Kier molecular flexibility index (Phi) is 6.09. The third kappa shape index (κ3) is 4.63. The molecule has 0 bridgehead atoms. The molecule has 1 atom stereocenters. The number of nitrogens with two attached hydrogens (primary N) is 1. The quantitative estimate of drug-likeness (QED) is 0.808. The highest BCUT2D eigenvalue weighted by molar-refractivity contribution is 5.43. The van der Waals surface area contributed by atoms with Crippen molar-refractivity contribution in [2.45, 2.75) is 39.3 Å². The molecular weight excluding hydrogens is 226 g/mol. The topological polar surface area (TPSA) is 51.4 Å². The molecule has 0 radical (unpaired) electrons. The van der Waals surface area contributed by atoms with Crippen molar-refractivity contribution in [2.75, 3.05) is 25.1 Å². The summed E-state index contributed by atoms with van der Waals surface area (Å²) in [6.45, 7) is 7.74. The number of pyridine rings is 1. The fraction of sp³-hybridized carbons (Fsp3) is 0.643. The second kappa shape index (κ2) is 7.34. The zero-order chi connectivity index (χ0) is 13.5. The van der Waals surface area contributed by atoms with E-state index in [1.165, 1.54) is 0 Å². The lowest BCUT2D eigenvalue weighted by atomic mass is 10.1. The summed E-state index contributed by atoms with van der Waals surface area (Å²) in [5.74, 6) is 0. The maximum Gasteiger partial charge on any atom is 0.0644 e. The minimum Gasteiger partial charge on any atom is -0.377 e. The van der Waals surface area contributed by atoms with E-state index >= 15 is 0 Å². The summed E-state index contributed by atoms with van der Waals surface area (Å²) in [6, 6.07) is 4.10. The van der Waals surface area contributed by atoms with Crippen LogP contribution in [-0.2, 0) is 4.74 Å². The Balaban J connectivity index is 2.51. The predicted molar refractivity (Wildman–Crippen MR) is 75.8 cm³/mol. The van der Waals surface area contributed by atoms with Crippen molar-refractivity contribution < 1.29 is 4.74 Å². The van der Waals surface area contributed by atoms with E-state index in [0.29, 0.717) is 0 Å². The zero-order valence-electron chi connectivity index (χ0n) is 11.9. The summed E-state index contributed by atoms with van der Waals surface area (Å²) in [4.78, 5) is 6.54. The van der Waals surface area contributed by atoms with Crippen LogP contribution in [-0.4, -0.2) is 31.3 Å². The molecule has 4 nitrogen and oxygen atoms in total. The van der Waals surface area contributed by atoms with Crippen LogP contribution in [0.1, 0.15) is 38.9 Å². The molecule has 1 heterocycles. The molecule has 0 saturated heterocycles. The van der Waals surface area contributed by atoms with Gasteiger partial charge in [-0.2, -0.15) is 0 Å². The number of rotatable bonds is 7. The number of hydrogen-bond acceptors (Lipinski definition) is 4. The molecule has 102 valence electrons. The van der Waals surface area contributed by atoms with Crippen molar-refractivity contribution >= 4 is 5.69 Å². The lowest BCUT2D eigenvalue weighted by Gasteiger charge is -2.20. The van der Waals surface area contributed by atoms with Gasteiger partial charge in [0.1, 0.15) is 0 Å². The molecule has 0 aromatic carbocycles. The fourth-order valence-corrected chi connectivity index (χ4v) is 1.61. The Morgan fingerprint density at radius 1 is 1.39 bits per heavy atom. The number of nitrogens with zero attached hydrogens (tertiary/aromatic N) is 2. The minimum absolute atomic E-state index is 0.0358. The normalized spacial score (nSPS) is 12.8. The first-order valence-corrected chi connectivity index (χ1v) is 6.58. The number of ether oxygens (including phenoxy) is 1. The van der Waals surface area contributed by atoms with Gasteiger partial charge in [0.05, 0.1) is 30.3 Å². The molecule has 0 fully saturated rings. The molecular formula is C14H25N3O. The second-order valence-corrected chi connectivity index (χ2v) is 4.80. The first-order valence-electron chi connectivity index (χ1n) is 6.58. The van der Waals surface area contributed by atoms with Crippen molar-refractivity contribution in [3.8, 4) is 0 Å². The van der Waals surface area contributed by atoms with Gasteiger partial charge in [0.15, 0.2) is 0 Å². The van der Waals surface area contributed by atoms with Gasteiger partial charge >= 0.3 is 0 Å². The summed E-state index contributed by atoms with van der Waals surface area (Å²) in [6.07, 6.45) is 3.06. The lowest BCUT2D eigenvalue weighted by molar-refractivity contribution is 0.0846. The number of aromatic nitrogens is 1. The molecule has 0 aliphatic rings. The Bertz CT molecular complexity index is 337. The van der Waals surface area contributed by atoms with Crippen LogP contribution in [0.2, 0.25) is 0 Å². The predicted octanol–water partition coefficient (Wildman–Crippen LogP) is 2.35. The Morgan fingerprint density at radius 3 is 2.61 bits per heavy atom. The zero-order valence-corrected chi connectivity index (χ0v) is 11.9. The van der Waals surface area contributed by atoms with Gasteiger partial charge < -0.3 is 15.4 Å². The molecule has 18 heavy (non-hydrogen) atoms. The van der Waals surface area contributed by atoms with Gasteiger partial charge in [0, 0.05) is 19.6 Å². The standard InChI is InChI=1S/C14H25N3O/c1-5-13(15)14-7-6-12(10-16-14)17(4)8-9-18-11(2)3/h6-7,10-11,13H,5,8-9,15H2,1-4H3/t13-/m1/s1. The number of likely N-dealkylation sites (N-methyl/N-ethyl adjacent to an activating group) is 1. The molecule has 0 saturated carbocycles. The van der Waals surface area contributed by atoms with E-state index in [1.54, 1.807) is 0 Å². The summed E-state index contributed by atoms with van der Waals surface area (Å²) in [5, 5.41) is 0. The monoisotopic (exact) mass is 251 g/mol. The molecule has 1 rings (SSSR count). The second-order valence-electron chi connectivity index (χ2n) is 4.80. The van der Waals surface area contributed by atoms with E-state index in [-0.39, 0.29) is 12.1 Å². The van der Waals surface area contributed by atoms with E-state index in [2.05, 4.69) is 22.9 Å². The Morgan fingerprint density at radius 2 is 2.11 bits per heavy atom. The molecule has 0 aliphatic heterocycles. The first kappa shape index (κ1) is 14.9. The third-order valence-corrected chi connectivity index (χ3v) is 2.91. The van der Waals surface area contributed by atoms with Gasteiger partial charge in [-0.1, -0.05) is 6.92 Å². The number of hydrogen-bond donors (Lipinski definition) is 1. The maximum atomic E-state index is 5.94. The minimum atomic E-state index is 0.0358. The third-order valence-electron chi connectivity index (χ3n) is 2.91. The first-order chi connectivity index (χ1) is 8.54. The highest BCUT2D eigenvalue weighted by atomic mass is 16.5. The average molecular weight is 251 g/mol. The van der Waals surface area contributed by atoms with Crippen LogP contribution < -0.4 is 10.6 Å². The van der Waals surface area contributed by atoms with E-state index in [0.717, 1.165) is 31.0 Å². The highest BCUT2D eigenvalue weighted by Gasteiger charge is 2.06. The molecule has 4 heteroatoms. The molecule has 0 unspecified atom stereocenters. The highest BCUT2D eigenvalue weighted by Crippen LogP contribution is 2.15. The van der Waals surface area contributed by atoms with Gasteiger partial charge in [-0.05, 0) is 32.4 Å². The van der Waals surface area contributed by atoms with Crippen LogP contribution >= 0.6 is 0 Å². The smallest absolute Gasteiger partial charge is 0.0644 e. The lowest BCUT2D eigenvalue weighted by Crippen LogP contribution is -2.24. The summed E-state index contributed by atoms with van der Waals surface area (Å²) in [7, 11) is 2.04. The summed E-state index contributed by atoms with van der Waals surface area (Å²) >= 11 is 0. The van der Waals surface area contributed by atoms with E-state index in [1.807, 2.05) is 33.2 Å².